The van der Waals surface area contributed by atoms with Gasteiger partial charge in [0.15, 0.2) is 0 Å². The lowest BCUT2D eigenvalue weighted by molar-refractivity contribution is -0.153. The van der Waals surface area contributed by atoms with E-state index in [9.17, 15) is 4.79 Å². The van der Waals surface area contributed by atoms with Crippen LogP contribution in [0.3, 0.4) is 0 Å². The van der Waals surface area contributed by atoms with Crippen LogP contribution in [0, 0.1) is 17.8 Å². The van der Waals surface area contributed by atoms with Gasteiger partial charge in [0.2, 0.25) is 0 Å². The van der Waals surface area contributed by atoms with E-state index in [2.05, 4.69) is 13.5 Å². The van der Waals surface area contributed by atoms with E-state index < -0.39 is 0 Å². The first-order valence-electron chi connectivity index (χ1n) is 4.54. The number of esters is 1. The van der Waals surface area contributed by atoms with Crippen molar-refractivity contribution in [1.82, 2.24) is 0 Å². The van der Waals surface area contributed by atoms with Gasteiger partial charge in [0.25, 0.3) is 0 Å². The Morgan fingerprint density at radius 1 is 1.50 bits per heavy atom. The van der Waals surface area contributed by atoms with Crippen molar-refractivity contribution < 1.29 is 9.53 Å². The zero-order valence-corrected chi connectivity index (χ0v) is 7.38. The third-order valence-corrected chi connectivity index (χ3v) is 3.18. The van der Waals surface area contributed by atoms with E-state index in [1.807, 2.05) is 0 Å². The first kappa shape index (κ1) is 7.84. The smallest absolute Gasteiger partial charge is 0.310 e. The summed E-state index contributed by atoms with van der Waals surface area (Å²) in [6, 6.07) is 0. The highest BCUT2D eigenvalue weighted by Gasteiger charge is 2.43. The van der Waals surface area contributed by atoms with E-state index in [0.29, 0.717) is 18.4 Å². The molecule has 0 spiro atoms. The predicted octanol–water partition coefficient (Wildman–Crippen LogP) is 1.76. The van der Waals surface area contributed by atoms with Crippen molar-refractivity contribution in [2.75, 3.05) is 6.61 Å². The minimum absolute atomic E-state index is 0.00241. The minimum Gasteiger partial charge on any atom is -0.461 e. The fourth-order valence-corrected chi connectivity index (χ4v) is 2.42. The molecule has 3 atom stereocenters. The van der Waals surface area contributed by atoms with Crippen LogP contribution < -0.4 is 0 Å². The Morgan fingerprint density at radius 2 is 2.25 bits per heavy atom. The summed E-state index contributed by atoms with van der Waals surface area (Å²) in [6.45, 7) is 6.53. The monoisotopic (exact) mass is 166 g/mol. The zero-order valence-electron chi connectivity index (χ0n) is 7.38. The second kappa shape index (κ2) is 2.61. The summed E-state index contributed by atoms with van der Waals surface area (Å²) >= 11 is 0. The first-order valence-corrected chi connectivity index (χ1v) is 4.54. The van der Waals surface area contributed by atoms with Gasteiger partial charge in [0.1, 0.15) is 6.61 Å². The van der Waals surface area contributed by atoms with Crippen LogP contribution in [0.4, 0.5) is 0 Å². The molecule has 2 rings (SSSR count). The van der Waals surface area contributed by atoms with Crippen molar-refractivity contribution in [2.45, 2.75) is 19.8 Å². The molecule has 2 nitrogen and oxygen atoms in total. The van der Waals surface area contributed by atoms with E-state index in [4.69, 9.17) is 4.74 Å². The molecular formula is C10H14O2. The number of cyclic esters (lactones) is 1. The average molecular weight is 166 g/mol. The fraction of sp³-hybridized carbons (Fsp3) is 0.700. The highest BCUT2D eigenvalue weighted by Crippen LogP contribution is 2.43. The molecule has 2 unspecified atom stereocenters. The largest absolute Gasteiger partial charge is 0.461 e. The Kier molecular flexibility index (Phi) is 1.71. The molecule has 0 radical (unpaired) electrons. The van der Waals surface area contributed by atoms with Crippen LogP contribution in [0.5, 0.6) is 0 Å². The molecule has 2 heteroatoms. The van der Waals surface area contributed by atoms with E-state index in [1.54, 1.807) is 0 Å². The van der Waals surface area contributed by atoms with Gasteiger partial charge in [-0.3, -0.25) is 4.79 Å². The van der Waals surface area contributed by atoms with E-state index in [1.165, 1.54) is 0 Å². The maximum atomic E-state index is 11.4. The van der Waals surface area contributed by atoms with Gasteiger partial charge in [0, 0.05) is 0 Å². The maximum absolute atomic E-state index is 11.4. The zero-order chi connectivity index (χ0) is 8.72. The molecule has 12 heavy (non-hydrogen) atoms. The fourth-order valence-electron chi connectivity index (χ4n) is 2.42. The number of rotatable bonds is 0. The normalized spacial score (nSPS) is 40.9. The Balaban J connectivity index is 2.24. The molecule has 1 heterocycles. The van der Waals surface area contributed by atoms with Crippen LogP contribution in [0.2, 0.25) is 0 Å². The summed E-state index contributed by atoms with van der Waals surface area (Å²) in [5.74, 6) is 1.02. The summed E-state index contributed by atoms with van der Waals surface area (Å²) in [7, 11) is 0. The molecule has 0 aromatic carbocycles. The number of fused-ring (bicyclic) bond motifs is 1. The van der Waals surface area contributed by atoms with Gasteiger partial charge in [-0.15, -0.1) is 0 Å². The number of ether oxygens (including phenoxy) is 1. The summed E-state index contributed by atoms with van der Waals surface area (Å²) < 4.78 is 5.04. The molecule has 1 aliphatic carbocycles. The summed E-state index contributed by atoms with van der Waals surface area (Å²) in [4.78, 5) is 11.4. The lowest BCUT2D eigenvalue weighted by Gasteiger charge is -2.28. The third-order valence-electron chi connectivity index (χ3n) is 3.18. The van der Waals surface area contributed by atoms with Crippen molar-refractivity contribution >= 4 is 5.97 Å². The van der Waals surface area contributed by atoms with Gasteiger partial charge in [-0.1, -0.05) is 13.5 Å². The van der Waals surface area contributed by atoms with E-state index in [0.717, 1.165) is 18.4 Å². The van der Waals surface area contributed by atoms with Crippen LogP contribution in [-0.2, 0) is 9.53 Å². The predicted molar refractivity (Wildman–Crippen MR) is 45.5 cm³/mol. The molecule has 0 aromatic heterocycles. The van der Waals surface area contributed by atoms with Crippen LogP contribution >= 0.6 is 0 Å². The Morgan fingerprint density at radius 3 is 2.92 bits per heavy atom. The molecule has 0 N–H and O–H groups in total. The van der Waals surface area contributed by atoms with Crippen LogP contribution in [0.25, 0.3) is 0 Å². The number of carbonyl (C=O) groups is 1. The Bertz CT molecular complexity index is 232. The van der Waals surface area contributed by atoms with Crippen molar-refractivity contribution in [1.29, 1.82) is 0 Å². The average Bonchev–Trinajstić information content (AvgIpc) is 2.42. The van der Waals surface area contributed by atoms with Crippen molar-refractivity contribution in [3.8, 4) is 0 Å². The van der Waals surface area contributed by atoms with Gasteiger partial charge in [-0.25, -0.2) is 0 Å². The highest BCUT2D eigenvalue weighted by atomic mass is 16.5. The second-order valence-electron chi connectivity index (χ2n) is 3.95. The number of hydrogen-bond acceptors (Lipinski definition) is 2. The van der Waals surface area contributed by atoms with Crippen LogP contribution in [-0.4, -0.2) is 12.6 Å². The third kappa shape index (κ3) is 0.977. The van der Waals surface area contributed by atoms with Crippen LogP contribution in [0.15, 0.2) is 12.2 Å². The molecule has 0 bridgehead atoms. The molecule has 0 amide bonds. The number of hydrogen-bond donors (Lipinski definition) is 0. The lowest BCUT2D eigenvalue weighted by Crippen LogP contribution is -2.33. The van der Waals surface area contributed by atoms with Crippen molar-refractivity contribution in [3.63, 3.8) is 0 Å². The molecular weight excluding hydrogens is 152 g/mol. The molecule has 2 fully saturated rings. The van der Waals surface area contributed by atoms with Gasteiger partial charge in [-0.05, 0) is 30.3 Å². The Hall–Kier alpha value is -0.790. The molecule has 2 aliphatic rings. The van der Waals surface area contributed by atoms with Crippen molar-refractivity contribution in [2.24, 2.45) is 17.8 Å². The standard InChI is InChI=1S/C10H14O2/c1-6-3-4-8-7(2)5-12-10(11)9(6)8/h6,8-9H,2-5H2,1H3/t6-,8?,9?/m1/s1. The molecule has 1 aliphatic heterocycles. The quantitative estimate of drug-likeness (QED) is 0.405. The summed E-state index contributed by atoms with van der Waals surface area (Å²) in [5, 5.41) is 0. The van der Waals surface area contributed by atoms with Gasteiger partial charge in [-0.2, -0.15) is 0 Å². The number of carbonyl (C=O) groups excluding carboxylic acids is 1. The SMILES string of the molecule is C=C1COC(=O)C2C1CC[C@H]2C. The minimum atomic E-state index is -0.00241. The first-order chi connectivity index (χ1) is 5.70. The Labute approximate surface area is 72.6 Å². The second-order valence-corrected chi connectivity index (χ2v) is 3.95. The maximum Gasteiger partial charge on any atom is 0.310 e. The summed E-state index contributed by atoms with van der Waals surface area (Å²) in [6.07, 6.45) is 2.27. The van der Waals surface area contributed by atoms with Gasteiger partial charge >= 0.3 is 5.97 Å². The topological polar surface area (TPSA) is 26.3 Å². The highest BCUT2D eigenvalue weighted by molar-refractivity contribution is 5.75. The molecule has 66 valence electrons. The van der Waals surface area contributed by atoms with Crippen LogP contribution in [0.1, 0.15) is 19.8 Å². The van der Waals surface area contributed by atoms with Crippen molar-refractivity contribution in [3.05, 3.63) is 12.2 Å². The lowest BCUT2D eigenvalue weighted by atomic mass is 9.84. The summed E-state index contributed by atoms with van der Waals surface area (Å²) in [5.41, 5.74) is 1.11. The molecule has 0 aromatic rings. The van der Waals surface area contributed by atoms with E-state index in [-0.39, 0.29) is 11.9 Å². The molecule has 1 saturated heterocycles. The van der Waals surface area contributed by atoms with Gasteiger partial charge < -0.3 is 4.74 Å². The van der Waals surface area contributed by atoms with Gasteiger partial charge in [0.05, 0.1) is 5.92 Å². The molecule has 1 saturated carbocycles. The van der Waals surface area contributed by atoms with E-state index >= 15 is 0 Å².